The van der Waals surface area contributed by atoms with Crippen molar-refractivity contribution >= 4 is 53.3 Å². The van der Waals surface area contributed by atoms with E-state index in [0.29, 0.717) is 38.5 Å². The SMILES string of the molecule is CC(NC(=O)c1ccc2cncc(-c3ccc(F)c(F)c3)c2n1)c1ccc(S(C)(=O)=O)cc1.CC(NC(=O)c1ccc2cncc(-c3ccc(F)cc3F)c2n1)c1ccc(S(C)(=O)=O)cc1. The van der Waals surface area contributed by atoms with E-state index < -0.39 is 66.8 Å². The van der Waals surface area contributed by atoms with Crippen molar-refractivity contribution < 1.29 is 44.0 Å². The number of hydrogen-bond acceptors (Lipinski definition) is 10. The normalized spacial score (nSPS) is 12.5. The highest BCUT2D eigenvalue weighted by Gasteiger charge is 2.19. The molecule has 2 unspecified atom stereocenters. The van der Waals surface area contributed by atoms with E-state index in [1.165, 1.54) is 54.9 Å². The van der Waals surface area contributed by atoms with Gasteiger partial charge in [-0.2, -0.15) is 0 Å². The molecule has 2 atom stereocenters. The zero-order valence-corrected chi connectivity index (χ0v) is 37.1. The summed E-state index contributed by atoms with van der Waals surface area (Å²) in [5.41, 5.74) is 3.78. The lowest BCUT2D eigenvalue weighted by atomic mass is 10.0. The van der Waals surface area contributed by atoms with Crippen LogP contribution in [0.2, 0.25) is 0 Å². The Morgan fingerprint density at radius 3 is 1.42 bits per heavy atom. The number of carbonyl (C=O) groups excluding carboxylic acids is 2. The van der Waals surface area contributed by atoms with E-state index in [1.807, 2.05) is 0 Å². The van der Waals surface area contributed by atoms with Crippen LogP contribution in [0.3, 0.4) is 0 Å². The topological polar surface area (TPSA) is 178 Å². The van der Waals surface area contributed by atoms with Crippen LogP contribution < -0.4 is 10.6 Å². The molecule has 0 saturated heterocycles. The molecule has 8 rings (SSSR count). The average Bonchev–Trinajstić information content (AvgIpc) is 3.29. The van der Waals surface area contributed by atoms with E-state index in [2.05, 4.69) is 30.6 Å². The summed E-state index contributed by atoms with van der Waals surface area (Å²) in [6.45, 7) is 3.53. The van der Waals surface area contributed by atoms with Gasteiger partial charge in [-0.25, -0.2) is 44.4 Å². The summed E-state index contributed by atoms with van der Waals surface area (Å²) < 4.78 is 101. The summed E-state index contributed by atoms with van der Waals surface area (Å²) in [5.74, 6) is -4.31. The van der Waals surface area contributed by atoms with Gasteiger partial charge in [-0.1, -0.05) is 30.3 Å². The van der Waals surface area contributed by atoms with Crippen molar-refractivity contribution in [3.05, 3.63) is 180 Å². The molecule has 4 heterocycles. The van der Waals surface area contributed by atoms with E-state index in [0.717, 1.165) is 47.9 Å². The third kappa shape index (κ3) is 10.6. The number of rotatable bonds is 10. The molecular formula is C48H38F4N6O6S2. The molecule has 0 aliphatic heterocycles. The molecule has 8 aromatic rings. The Bertz CT molecular complexity index is 3400. The number of sulfone groups is 2. The maximum Gasteiger partial charge on any atom is 0.270 e. The Morgan fingerprint density at radius 1 is 0.500 bits per heavy atom. The molecule has 0 bridgehead atoms. The summed E-state index contributed by atoms with van der Waals surface area (Å²) in [7, 11) is -6.63. The standard InChI is InChI=1S/2C24H19F2N3O3S/c1-14(15-3-7-18(8-4-15)33(2,31)32)28-24(30)22-10-5-16-12-27-13-20(23(16)29-22)19-9-6-17(25)11-21(19)26;1-14(15-3-7-18(8-4-15)33(2,31)32)28-24(30)22-10-6-17-12-27-13-19(23(17)29-22)16-5-9-20(25)21(26)11-16/h2*3-14H,1-2H3,(H,28,30). The first-order chi connectivity index (χ1) is 31.3. The fraction of sp³-hybridized carbons (Fsp3) is 0.125. The lowest BCUT2D eigenvalue weighted by molar-refractivity contribution is 0.0927. The van der Waals surface area contributed by atoms with Gasteiger partial charge in [0.05, 0.1) is 32.9 Å². The number of aromatic nitrogens is 4. The van der Waals surface area contributed by atoms with Crippen LogP contribution in [-0.4, -0.2) is 61.1 Å². The van der Waals surface area contributed by atoms with Gasteiger partial charge in [0, 0.05) is 70.8 Å². The van der Waals surface area contributed by atoms with Gasteiger partial charge in [-0.15, -0.1) is 0 Å². The minimum Gasteiger partial charge on any atom is -0.344 e. The first kappa shape index (κ1) is 46.5. The van der Waals surface area contributed by atoms with Gasteiger partial charge in [0.15, 0.2) is 31.3 Å². The van der Waals surface area contributed by atoms with E-state index in [-0.39, 0.29) is 26.7 Å². The van der Waals surface area contributed by atoms with Crippen molar-refractivity contribution in [1.29, 1.82) is 0 Å². The Labute approximate surface area is 376 Å². The summed E-state index contributed by atoms with van der Waals surface area (Å²) in [5, 5.41) is 6.89. The second kappa shape index (κ2) is 19.0. The minimum absolute atomic E-state index is 0.108. The number of amides is 2. The first-order valence-electron chi connectivity index (χ1n) is 19.9. The molecule has 4 aromatic heterocycles. The van der Waals surface area contributed by atoms with Crippen LogP contribution in [0, 0.1) is 23.3 Å². The van der Waals surface area contributed by atoms with Crippen LogP contribution in [0.1, 0.15) is 58.0 Å². The Morgan fingerprint density at radius 2 is 0.970 bits per heavy atom. The molecule has 336 valence electrons. The molecule has 2 amide bonds. The summed E-state index contributed by atoms with van der Waals surface area (Å²) in [6.07, 6.45) is 8.26. The van der Waals surface area contributed by atoms with Crippen LogP contribution in [0.25, 0.3) is 44.1 Å². The van der Waals surface area contributed by atoms with Crippen molar-refractivity contribution in [2.45, 2.75) is 35.7 Å². The zero-order chi connectivity index (χ0) is 47.5. The highest BCUT2D eigenvalue weighted by Crippen LogP contribution is 2.30. The molecule has 12 nitrogen and oxygen atoms in total. The maximum atomic E-state index is 14.4. The minimum atomic E-state index is -3.31. The second-order valence-electron chi connectivity index (χ2n) is 15.2. The fourth-order valence-corrected chi connectivity index (χ4v) is 8.10. The zero-order valence-electron chi connectivity index (χ0n) is 35.4. The molecule has 2 N–H and O–H groups in total. The molecule has 0 radical (unpaired) electrons. The van der Waals surface area contributed by atoms with Gasteiger partial charge in [-0.3, -0.25) is 19.6 Å². The van der Waals surface area contributed by atoms with E-state index in [4.69, 9.17) is 0 Å². The summed E-state index contributed by atoms with van der Waals surface area (Å²) in [4.78, 5) is 43.2. The van der Waals surface area contributed by atoms with Gasteiger partial charge in [0.2, 0.25) is 0 Å². The van der Waals surface area contributed by atoms with Crippen LogP contribution in [0.5, 0.6) is 0 Å². The predicted molar refractivity (Wildman–Crippen MR) is 241 cm³/mol. The Hall–Kier alpha value is -7.44. The van der Waals surface area contributed by atoms with Crippen molar-refractivity contribution in [3.8, 4) is 22.3 Å². The average molecular weight is 935 g/mol. The quantitative estimate of drug-likeness (QED) is 0.126. The smallest absolute Gasteiger partial charge is 0.270 e. The van der Waals surface area contributed by atoms with Crippen LogP contribution >= 0.6 is 0 Å². The monoisotopic (exact) mass is 934 g/mol. The number of fused-ring (bicyclic) bond motifs is 2. The largest absolute Gasteiger partial charge is 0.344 e. The van der Waals surface area contributed by atoms with Crippen molar-refractivity contribution in [1.82, 2.24) is 30.6 Å². The van der Waals surface area contributed by atoms with Gasteiger partial charge in [-0.05, 0) is 103 Å². The molecule has 66 heavy (non-hydrogen) atoms. The molecule has 4 aromatic carbocycles. The van der Waals surface area contributed by atoms with Gasteiger partial charge < -0.3 is 10.6 Å². The molecule has 0 aliphatic rings. The Kier molecular flexibility index (Phi) is 13.4. The maximum absolute atomic E-state index is 14.4. The number of carbonyl (C=O) groups is 2. The van der Waals surface area contributed by atoms with E-state index in [1.54, 1.807) is 68.7 Å². The van der Waals surface area contributed by atoms with Crippen molar-refractivity contribution in [3.63, 3.8) is 0 Å². The number of nitrogens with one attached hydrogen (secondary N) is 2. The van der Waals surface area contributed by atoms with E-state index >= 15 is 0 Å². The third-order valence-corrected chi connectivity index (χ3v) is 12.7. The van der Waals surface area contributed by atoms with Crippen molar-refractivity contribution in [2.24, 2.45) is 0 Å². The molecule has 0 spiro atoms. The number of pyridine rings is 4. The molecule has 0 fully saturated rings. The molecule has 0 saturated carbocycles. The van der Waals surface area contributed by atoms with Gasteiger partial charge >= 0.3 is 0 Å². The first-order valence-corrected chi connectivity index (χ1v) is 23.7. The van der Waals surface area contributed by atoms with Gasteiger partial charge in [0.1, 0.15) is 23.0 Å². The predicted octanol–water partition coefficient (Wildman–Crippen LogP) is 8.94. The van der Waals surface area contributed by atoms with Crippen molar-refractivity contribution in [2.75, 3.05) is 12.5 Å². The third-order valence-electron chi connectivity index (χ3n) is 10.4. The van der Waals surface area contributed by atoms with Crippen LogP contribution in [0.4, 0.5) is 17.6 Å². The second-order valence-corrected chi connectivity index (χ2v) is 19.3. The van der Waals surface area contributed by atoms with Gasteiger partial charge in [0.25, 0.3) is 11.8 Å². The van der Waals surface area contributed by atoms with E-state index in [9.17, 15) is 44.0 Å². The lowest BCUT2D eigenvalue weighted by Crippen LogP contribution is -2.27. The molecule has 18 heteroatoms. The number of benzene rings is 4. The van der Waals surface area contributed by atoms with Crippen LogP contribution in [-0.2, 0) is 19.7 Å². The highest BCUT2D eigenvalue weighted by molar-refractivity contribution is 7.91. The molecular weight excluding hydrogens is 897 g/mol. The lowest BCUT2D eigenvalue weighted by Gasteiger charge is -2.15. The van der Waals surface area contributed by atoms with Crippen LogP contribution in [0.15, 0.2) is 144 Å². The number of nitrogens with zero attached hydrogens (tertiary/aromatic N) is 4. The fourth-order valence-electron chi connectivity index (χ4n) is 6.83. The molecule has 0 aliphatic carbocycles. The number of hydrogen-bond donors (Lipinski definition) is 2. The Balaban J connectivity index is 0.000000196. The summed E-state index contributed by atoms with van der Waals surface area (Å²) >= 11 is 0. The summed E-state index contributed by atoms with van der Waals surface area (Å²) in [6, 6.07) is 24.8. The number of halogens is 4. The highest BCUT2D eigenvalue weighted by atomic mass is 32.2.